The predicted octanol–water partition coefficient (Wildman–Crippen LogP) is 1.55. The fourth-order valence-electron chi connectivity index (χ4n) is 1.34. The molecular formula is C9H13N3. The van der Waals surface area contributed by atoms with Gasteiger partial charge in [-0.3, -0.25) is 0 Å². The van der Waals surface area contributed by atoms with Crippen molar-refractivity contribution in [2.75, 3.05) is 0 Å². The van der Waals surface area contributed by atoms with Gasteiger partial charge in [0.1, 0.15) is 0 Å². The molecule has 1 rings (SSSR count). The molecule has 12 heavy (non-hydrogen) atoms. The molecule has 1 aromatic heterocycles. The van der Waals surface area contributed by atoms with E-state index in [4.69, 9.17) is 11.0 Å². The first-order valence-corrected chi connectivity index (χ1v) is 3.93. The third kappa shape index (κ3) is 1.66. The Labute approximate surface area is 72.2 Å². The van der Waals surface area contributed by atoms with Crippen LogP contribution in [0.5, 0.6) is 0 Å². The molecule has 0 aliphatic carbocycles. The average Bonchev–Trinajstić information content (AvgIpc) is 2.30. The molecule has 0 amide bonds. The molecule has 0 bridgehead atoms. The van der Waals surface area contributed by atoms with E-state index in [1.54, 1.807) is 0 Å². The first-order valence-electron chi connectivity index (χ1n) is 3.93. The Morgan fingerprint density at radius 3 is 2.75 bits per heavy atom. The van der Waals surface area contributed by atoms with E-state index in [0.29, 0.717) is 6.42 Å². The summed E-state index contributed by atoms with van der Waals surface area (Å²) in [5, 5.41) is 8.45. The number of hydrogen-bond donors (Lipinski definition) is 2. The van der Waals surface area contributed by atoms with Crippen LogP contribution in [-0.2, 0) is 0 Å². The lowest BCUT2D eigenvalue weighted by Gasteiger charge is -2.05. The number of hydrogen-bond acceptors (Lipinski definition) is 2. The van der Waals surface area contributed by atoms with E-state index < -0.39 is 0 Å². The van der Waals surface area contributed by atoms with E-state index in [2.05, 4.69) is 11.1 Å². The maximum Gasteiger partial charge on any atom is 0.0642 e. The molecule has 0 fully saturated rings. The van der Waals surface area contributed by atoms with Gasteiger partial charge < -0.3 is 10.7 Å². The van der Waals surface area contributed by atoms with Crippen molar-refractivity contribution in [2.45, 2.75) is 26.3 Å². The lowest BCUT2D eigenvalue weighted by molar-refractivity contribution is 0.718. The minimum absolute atomic E-state index is 0.177. The van der Waals surface area contributed by atoms with E-state index in [-0.39, 0.29) is 6.04 Å². The number of nitriles is 1. The van der Waals surface area contributed by atoms with Gasteiger partial charge in [0.25, 0.3) is 0 Å². The number of nitrogens with two attached hydrogens (primary N) is 1. The maximum absolute atomic E-state index is 8.45. The van der Waals surface area contributed by atoms with Crippen LogP contribution >= 0.6 is 0 Å². The number of aromatic nitrogens is 1. The number of nitrogens with one attached hydrogen (secondary N) is 1. The van der Waals surface area contributed by atoms with Crippen molar-refractivity contribution in [1.82, 2.24) is 4.98 Å². The number of rotatable bonds is 2. The quantitative estimate of drug-likeness (QED) is 0.694. The minimum Gasteiger partial charge on any atom is -0.361 e. The van der Waals surface area contributed by atoms with Crippen molar-refractivity contribution < 1.29 is 0 Å². The largest absolute Gasteiger partial charge is 0.361 e. The van der Waals surface area contributed by atoms with Crippen LogP contribution in [0.15, 0.2) is 6.07 Å². The summed E-state index contributed by atoms with van der Waals surface area (Å²) in [5.41, 5.74) is 8.97. The van der Waals surface area contributed by atoms with Gasteiger partial charge in [0.15, 0.2) is 0 Å². The van der Waals surface area contributed by atoms with Crippen LogP contribution in [-0.4, -0.2) is 4.98 Å². The fraction of sp³-hybridized carbons (Fsp3) is 0.444. The summed E-state index contributed by atoms with van der Waals surface area (Å²) >= 11 is 0. The van der Waals surface area contributed by atoms with Gasteiger partial charge in [-0.1, -0.05) is 0 Å². The van der Waals surface area contributed by atoms with Gasteiger partial charge in [-0.15, -0.1) is 0 Å². The zero-order chi connectivity index (χ0) is 9.14. The summed E-state index contributed by atoms with van der Waals surface area (Å²) in [6.45, 7) is 3.98. The van der Waals surface area contributed by atoms with Crippen LogP contribution in [0.2, 0.25) is 0 Å². The molecule has 0 saturated heterocycles. The molecule has 1 atom stereocenters. The van der Waals surface area contributed by atoms with Gasteiger partial charge in [-0.2, -0.15) is 5.26 Å². The van der Waals surface area contributed by atoms with Crippen molar-refractivity contribution in [3.63, 3.8) is 0 Å². The number of aryl methyl sites for hydroxylation is 2. The smallest absolute Gasteiger partial charge is 0.0642 e. The average molecular weight is 163 g/mol. The number of nitrogens with zero attached hydrogens (tertiary/aromatic N) is 1. The highest BCUT2D eigenvalue weighted by molar-refractivity contribution is 5.26. The molecule has 64 valence electrons. The number of H-pyrrole nitrogens is 1. The number of aromatic amines is 1. The van der Waals surface area contributed by atoms with Crippen LogP contribution in [0, 0.1) is 25.2 Å². The second kappa shape index (κ2) is 3.42. The van der Waals surface area contributed by atoms with Gasteiger partial charge in [-0.25, -0.2) is 0 Å². The summed E-state index contributed by atoms with van der Waals surface area (Å²) in [6.07, 6.45) is 0.362. The third-order valence-corrected chi connectivity index (χ3v) is 1.87. The molecule has 3 nitrogen and oxygen atoms in total. The molecule has 0 aromatic carbocycles. The normalized spacial score (nSPS) is 12.5. The van der Waals surface area contributed by atoms with Crippen molar-refractivity contribution in [2.24, 2.45) is 5.73 Å². The van der Waals surface area contributed by atoms with E-state index in [1.165, 1.54) is 0 Å². The van der Waals surface area contributed by atoms with Crippen LogP contribution in [0.1, 0.15) is 29.4 Å². The zero-order valence-electron chi connectivity index (χ0n) is 7.39. The summed E-state index contributed by atoms with van der Waals surface area (Å²) < 4.78 is 0. The van der Waals surface area contributed by atoms with Crippen molar-refractivity contribution in [3.05, 3.63) is 23.0 Å². The Morgan fingerprint density at radius 2 is 2.33 bits per heavy atom. The second-order valence-corrected chi connectivity index (χ2v) is 3.02. The standard InChI is InChI=1S/C9H13N3/c1-6-5-7(2)12-9(6)8(11)3-4-10/h5,8,12H,3,11H2,1-2H3/t8-/m0/s1. The van der Waals surface area contributed by atoms with Crippen LogP contribution in [0.4, 0.5) is 0 Å². The Balaban J connectivity index is 2.88. The molecule has 0 radical (unpaired) electrons. The van der Waals surface area contributed by atoms with E-state index in [1.807, 2.05) is 19.9 Å². The first-order chi connectivity index (χ1) is 5.65. The highest BCUT2D eigenvalue weighted by atomic mass is 14.8. The summed E-state index contributed by atoms with van der Waals surface area (Å²) in [4.78, 5) is 3.15. The van der Waals surface area contributed by atoms with Crippen LogP contribution < -0.4 is 5.73 Å². The predicted molar refractivity (Wildman–Crippen MR) is 47.4 cm³/mol. The topological polar surface area (TPSA) is 65.6 Å². The second-order valence-electron chi connectivity index (χ2n) is 3.02. The van der Waals surface area contributed by atoms with Crippen molar-refractivity contribution >= 4 is 0 Å². The Kier molecular flexibility index (Phi) is 2.51. The van der Waals surface area contributed by atoms with Gasteiger partial charge in [0, 0.05) is 11.4 Å². The minimum atomic E-state index is -0.177. The Hall–Kier alpha value is -1.27. The third-order valence-electron chi connectivity index (χ3n) is 1.87. The summed E-state index contributed by atoms with van der Waals surface area (Å²) in [6, 6.07) is 3.91. The molecule has 0 saturated carbocycles. The highest BCUT2D eigenvalue weighted by Crippen LogP contribution is 2.17. The fourth-order valence-corrected chi connectivity index (χ4v) is 1.34. The molecule has 0 aliphatic rings. The van der Waals surface area contributed by atoms with Crippen molar-refractivity contribution in [1.29, 1.82) is 5.26 Å². The molecule has 3 N–H and O–H groups in total. The molecule has 1 aromatic rings. The molecule has 0 unspecified atom stereocenters. The van der Waals surface area contributed by atoms with Crippen molar-refractivity contribution in [3.8, 4) is 6.07 Å². The van der Waals surface area contributed by atoms with E-state index in [0.717, 1.165) is 17.0 Å². The van der Waals surface area contributed by atoms with Crippen LogP contribution in [0.3, 0.4) is 0 Å². The van der Waals surface area contributed by atoms with Crippen LogP contribution in [0.25, 0.3) is 0 Å². The summed E-state index contributed by atoms with van der Waals surface area (Å²) in [5.74, 6) is 0. The SMILES string of the molecule is Cc1cc(C)c([C@@H](N)CC#N)[nH]1. The molecule has 3 heteroatoms. The van der Waals surface area contributed by atoms with Gasteiger partial charge >= 0.3 is 0 Å². The molecule has 1 heterocycles. The first kappa shape index (κ1) is 8.82. The van der Waals surface area contributed by atoms with Gasteiger partial charge in [0.05, 0.1) is 18.5 Å². The highest BCUT2D eigenvalue weighted by Gasteiger charge is 2.10. The molecule has 0 spiro atoms. The Morgan fingerprint density at radius 1 is 1.67 bits per heavy atom. The maximum atomic E-state index is 8.45. The van der Waals surface area contributed by atoms with E-state index >= 15 is 0 Å². The lowest BCUT2D eigenvalue weighted by atomic mass is 10.1. The Bertz CT molecular complexity index is 306. The van der Waals surface area contributed by atoms with Gasteiger partial charge in [-0.05, 0) is 25.5 Å². The molecule has 0 aliphatic heterocycles. The molecular weight excluding hydrogens is 150 g/mol. The zero-order valence-corrected chi connectivity index (χ0v) is 7.39. The van der Waals surface area contributed by atoms with Gasteiger partial charge in [0.2, 0.25) is 0 Å². The van der Waals surface area contributed by atoms with E-state index in [9.17, 15) is 0 Å². The summed E-state index contributed by atoms with van der Waals surface area (Å²) in [7, 11) is 0. The monoisotopic (exact) mass is 163 g/mol. The lowest BCUT2D eigenvalue weighted by Crippen LogP contribution is -2.10.